The van der Waals surface area contributed by atoms with Gasteiger partial charge in [-0.15, -0.1) is 0 Å². The van der Waals surface area contributed by atoms with Gasteiger partial charge in [-0.25, -0.2) is 4.68 Å². The van der Waals surface area contributed by atoms with E-state index in [1.165, 1.54) is 4.68 Å². The molecule has 1 aromatic carbocycles. The smallest absolute Gasteiger partial charge is 0.267 e. The summed E-state index contributed by atoms with van der Waals surface area (Å²) in [4.78, 5) is 23.9. The number of hydrogen-bond donors (Lipinski definition) is 1. The molecule has 1 amide bonds. The van der Waals surface area contributed by atoms with Crippen molar-refractivity contribution < 1.29 is 9.53 Å². The summed E-state index contributed by atoms with van der Waals surface area (Å²) in [6, 6.07) is 8.54. The van der Waals surface area contributed by atoms with Crippen molar-refractivity contribution in [1.82, 2.24) is 15.1 Å². The molecule has 1 N–H and O–H groups in total. The van der Waals surface area contributed by atoms with E-state index in [0.717, 1.165) is 36.9 Å². The fraction of sp³-hybridized carbons (Fsp3) is 0.389. The first-order chi connectivity index (χ1) is 12.1. The fourth-order valence-electron chi connectivity index (χ4n) is 2.82. The molecule has 7 heteroatoms. The van der Waals surface area contributed by atoms with Crippen LogP contribution < -0.4 is 15.6 Å². The van der Waals surface area contributed by atoms with Gasteiger partial charge in [-0.05, 0) is 49.4 Å². The van der Waals surface area contributed by atoms with Gasteiger partial charge >= 0.3 is 0 Å². The predicted octanol–water partition coefficient (Wildman–Crippen LogP) is 1.97. The summed E-state index contributed by atoms with van der Waals surface area (Å²) >= 11 is 5.86. The maximum Gasteiger partial charge on any atom is 0.267 e. The van der Waals surface area contributed by atoms with E-state index in [4.69, 9.17) is 16.3 Å². The van der Waals surface area contributed by atoms with Gasteiger partial charge in [0.15, 0.2) is 6.61 Å². The molecule has 3 rings (SSSR count). The maximum atomic E-state index is 12.1. The molecular weight excluding hydrogens is 342 g/mol. The van der Waals surface area contributed by atoms with Crippen LogP contribution in [-0.2, 0) is 24.2 Å². The lowest BCUT2D eigenvalue weighted by molar-refractivity contribution is -0.123. The summed E-state index contributed by atoms with van der Waals surface area (Å²) in [5.74, 6) is 0.279. The highest BCUT2D eigenvalue weighted by Crippen LogP contribution is 2.17. The van der Waals surface area contributed by atoms with Crippen LogP contribution in [0.25, 0.3) is 0 Å². The minimum Gasteiger partial charge on any atom is -0.484 e. The molecule has 0 bridgehead atoms. The summed E-state index contributed by atoms with van der Waals surface area (Å²) in [6.07, 6.45) is 4.06. The standard InChI is InChI=1S/C18H20ClN3O3/c19-14-5-3-6-15(11-14)25-12-17(23)20-8-9-22-18(24)10-13-4-1-2-7-16(13)21-22/h3,5-6,10-11H,1-2,4,7-9,12H2,(H,20,23). The predicted molar refractivity (Wildman–Crippen MR) is 95.1 cm³/mol. The van der Waals surface area contributed by atoms with Crippen LogP contribution in [-0.4, -0.2) is 28.8 Å². The lowest BCUT2D eigenvalue weighted by atomic mass is 9.97. The number of hydrogen-bond acceptors (Lipinski definition) is 4. The monoisotopic (exact) mass is 361 g/mol. The number of carbonyl (C=O) groups excluding carboxylic acids is 1. The first kappa shape index (κ1) is 17.5. The van der Waals surface area contributed by atoms with Crippen molar-refractivity contribution in [3.05, 3.63) is 57.0 Å². The molecule has 0 atom stereocenters. The largest absolute Gasteiger partial charge is 0.484 e. The highest BCUT2D eigenvalue weighted by molar-refractivity contribution is 6.30. The molecule has 132 valence electrons. The van der Waals surface area contributed by atoms with E-state index in [1.807, 2.05) is 0 Å². The number of rotatable bonds is 6. The molecule has 1 aliphatic rings. The number of nitrogens with one attached hydrogen (secondary N) is 1. The van der Waals surface area contributed by atoms with Crippen LogP contribution in [0.4, 0.5) is 0 Å². The summed E-state index contributed by atoms with van der Waals surface area (Å²) in [5.41, 5.74) is 1.94. The molecule has 0 spiro atoms. The van der Waals surface area contributed by atoms with Crippen LogP contribution in [0.5, 0.6) is 5.75 Å². The zero-order valence-electron chi connectivity index (χ0n) is 13.8. The zero-order valence-corrected chi connectivity index (χ0v) is 14.6. The lowest BCUT2D eigenvalue weighted by Crippen LogP contribution is -2.35. The highest BCUT2D eigenvalue weighted by Gasteiger charge is 2.13. The Hall–Kier alpha value is -2.34. The van der Waals surface area contributed by atoms with E-state index >= 15 is 0 Å². The number of aromatic nitrogens is 2. The van der Waals surface area contributed by atoms with E-state index in [9.17, 15) is 9.59 Å². The van der Waals surface area contributed by atoms with Gasteiger partial charge in [-0.3, -0.25) is 9.59 Å². The average Bonchev–Trinajstić information content (AvgIpc) is 2.60. The van der Waals surface area contributed by atoms with Crippen LogP contribution >= 0.6 is 11.6 Å². The minimum absolute atomic E-state index is 0.104. The summed E-state index contributed by atoms with van der Waals surface area (Å²) in [6.45, 7) is 0.561. The number of fused-ring (bicyclic) bond motifs is 1. The summed E-state index contributed by atoms with van der Waals surface area (Å²) in [7, 11) is 0. The molecule has 1 heterocycles. The molecule has 2 aromatic rings. The molecule has 0 saturated carbocycles. The molecule has 0 saturated heterocycles. The molecule has 25 heavy (non-hydrogen) atoms. The second-order valence-corrected chi connectivity index (χ2v) is 6.42. The SMILES string of the molecule is O=C(COc1cccc(Cl)c1)NCCn1nc2c(cc1=O)CCCC2. The number of nitrogens with zero attached hydrogens (tertiary/aromatic N) is 2. The first-order valence-corrected chi connectivity index (χ1v) is 8.74. The van der Waals surface area contributed by atoms with Crippen molar-refractivity contribution in [1.29, 1.82) is 0 Å². The second-order valence-electron chi connectivity index (χ2n) is 5.98. The highest BCUT2D eigenvalue weighted by atomic mass is 35.5. The Morgan fingerprint density at radius 1 is 1.28 bits per heavy atom. The summed E-state index contributed by atoms with van der Waals surface area (Å²) in [5, 5.41) is 7.70. The van der Waals surface area contributed by atoms with Crippen LogP contribution in [0.2, 0.25) is 5.02 Å². The molecule has 1 aromatic heterocycles. The Morgan fingerprint density at radius 2 is 2.12 bits per heavy atom. The number of carbonyl (C=O) groups is 1. The Kier molecular flexibility index (Phi) is 5.71. The molecule has 6 nitrogen and oxygen atoms in total. The third-order valence-corrected chi connectivity index (χ3v) is 4.32. The van der Waals surface area contributed by atoms with Gasteiger partial charge < -0.3 is 10.1 Å². The molecule has 0 radical (unpaired) electrons. The Labute approximate surface area is 150 Å². The zero-order chi connectivity index (χ0) is 17.6. The molecule has 1 aliphatic carbocycles. The van der Waals surface area contributed by atoms with Crippen LogP contribution in [0.3, 0.4) is 0 Å². The normalized spacial score (nSPS) is 13.2. The molecule has 0 fully saturated rings. The van der Waals surface area contributed by atoms with Crippen molar-refractivity contribution in [2.75, 3.05) is 13.2 Å². The third-order valence-electron chi connectivity index (χ3n) is 4.09. The average molecular weight is 362 g/mol. The lowest BCUT2D eigenvalue weighted by Gasteiger charge is -2.16. The van der Waals surface area contributed by atoms with Gasteiger partial charge in [-0.1, -0.05) is 17.7 Å². The number of halogens is 1. The van der Waals surface area contributed by atoms with Crippen molar-refractivity contribution in [3.63, 3.8) is 0 Å². The van der Waals surface area contributed by atoms with E-state index in [-0.39, 0.29) is 18.1 Å². The topological polar surface area (TPSA) is 73.2 Å². The third kappa shape index (κ3) is 4.82. The second kappa shape index (κ2) is 8.16. The Bertz CT molecular complexity index is 819. The van der Waals surface area contributed by atoms with Crippen molar-refractivity contribution in [2.45, 2.75) is 32.2 Å². The van der Waals surface area contributed by atoms with Gasteiger partial charge in [0.05, 0.1) is 12.2 Å². The summed E-state index contributed by atoms with van der Waals surface area (Å²) < 4.78 is 6.79. The van der Waals surface area contributed by atoms with Crippen LogP contribution in [0.1, 0.15) is 24.1 Å². The number of aryl methyl sites for hydroxylation is 2. The van der Waals surface area contributed by atoms with Gasteiger partial charge in [0, 0.05) is 17.6 Å². The van der Waals surface area contributed by atoms with Crippen LogP contribution in [0.15, 0.2) is 35.1 Å². The van der Waals surface area contributed by atoms with Gasteiger partial charge in [0.25, 0.3) is 11.5 Å². The fourth-order valence-corrected chi connectivity index (χ4v) is 3.00. The van der Waals surface area contributed by atoms with Crippen molar-refractivity contribution in [2.24, 2.45) is 0 Å². The quantitative estimate of drug-likeness (QED) is 0.853. The van der Waals surface area contributed by atoms with E-state index < -0.39 is 0 Å². The van der Waals surface area contributed by atoms with Crippen molar-refractivity contribution >= 4 is 17.5 Å². The van der Waals surface area contributed by atoms with Crippen molar-refractivity contribution in [3.8, 4) is 5.75 Å². The van der Waals surface area contributed by atoms with E-state index in [1.54, 1.807) is 30.3 Å². The van der Waals surface area contributed by atoms with Gasteiger partial charge in [0.1, 0.15) is 5.75 Å². The van der Waals surface area contributed by atoms with Gasteiger partial charge in [0.2, 0.25) is 0 Å². The number of benzene rings is 1. The van der Waals surface area contributed by atoms with Crippen LogP contribution in [0, 0.1) is 0 Å². The Balaban J connectivity index is 1.48. The molecular formula is C18H20ClN3O3. The number of amides is 1. The Morgan fingerprint density at radius 3 is 2.96 bits per heavy atom. The number of ether oxygens (including phenoxy) is 1. The molecule has 0 aliphatic heterocycles. The first-order valence-electron chi connectivity index (χ1n) is 8.37. The van der Waals surface area contributed by atoms with E-state index in [0.29, 0.717) is 23.9 Å². The maximum absolute atomic E-state index is 12.1. The molecule has 0 unspecified atom stereocenters. The van der Waals surface area contributed by atoms with E-state index in [2.05, 4.69) is 10.4 Å². The minimum atomic E-state index is -0.258. The van der Waals surface area contributed by atoms with Gasteiger partial charge in [-0.2, -0.15) is 5.10 Å².